The Bertz CT molecular complexity index is 1100. The normalized spacial score (nSPS) is 21.1. The first kappa shape index (κ1) is 19.0. The van der Waals surface area contributed by atoms with Gasteiger partial charge in [-0.1, -0.05) is 6.07 Å². The van der Waals surface area contributed by atoms with Crippen LogP contribution < -0.4 is 29.6 Å². The van der Waals surface area contributed by atoms with Crippen LogP contribution in [-0.2, 0) is 15.1 Å². The van der Waals surface area contributed by atoms with Crippen LogP contribution in [0, 0.1) is 0 Å². The number of nitrogens with zero attached hydrogens (tertiary/aromatic N) is 1. The topological polar surface area (TPSA) is 115 Å². The third-order valence-electron chi connectivity index (χ3n) is 5.35. The second-order valence-electron chi connectivity index (χ2n) is 7.42. The Morgan fingerprint density at radius 3 is 2.52 bits per heavy atom. The minimum Gasteiger partial charge on any atom is -0.486 e. The van der Waals surface area contributed by atoms with Crippen molar-refractivity contribution in [1.82, 2.24) is 10.2 Å². The molecule has 2 aromatic rings. The molecule has 3 aliphatic heterocycles. The molecule has 0 spiro atoms. The molecule has 0 radical (unpaired) electrons. The van der Waals surface area contributed by atoms with E-state index < -0.39 is 29.9 Å². The van der Waals surface area contributed by atoms with E-state index in [4.69, 9.17) is 18.9 Å². The average molecular weight is 425 g/mol. The molecule has 10 nitrogen and oxygen atoms in total. The van der Waals surface area contributed by atoms with Crippen LogP contribution in [0.5, 0.6) is 23.0 Å². The number of carbonyl (C=O) groups excluding carboxylic acids is 3. The van der Waals surface area contributed by atoms with Gasteiger partial charge in [0.15, 0.2) is 23.0 Å². The van der Waals surface area contributed by atoms with E-state index in [1.165, 1.54) is 0 Å². The molecule has 1 saturated heterocycles. The Morgan fingerprint density at radius 1 is 1.00 bits per heavy atom. The van der Waals surface area contributed by atoms with Crippen molar-refractivity contribution in [3.8, 4) is 23.0 Å². The van der Waals surface area contributed by atoms with Crippen LogP contribution in [0.25, 0.3) is 0 Å². The highest BCUT2D eigenvalue weighted by atomic mass is 16.7. The largest absolute Gasteiger partial charge is 0.486 e. The molecule has 160 valence electrons. The monoisotopic (exact) mass is 425 g/mol. The van der Waals surface area contributed by atoms with Crippen LogP contribution in [-0.4, -0.2) is 49.3 Å². The fraction of sp³-hybridized carbons (Fsp3) is 0.286. The Labute approximate surface area is 177 Å². The van der Waals surface area contributed by atoms with Gasteiger partial charge >= 0.3 is 6.03 Å². The highest BCUT2D eigenvalue weighted by Gasteiger charge is 2.49. The maximum atomic E-state index is 13.1. The van der Waals surface area contributed by atoms with Gasteiger partial charge in [0.25, 0.3) is 5.91 Å². The number of nitrogens with one attached hydrogen (secondary N) is 2. The molecule has 5 rings (SSSR count). The number of hydrogen-bond acceptors (Lipinski definition) is 7. The Morgan fingerprint density at radius 2 is 1.68 bits per heavy atom. The third kappa shape index (κ3) is 3.25. The minimum atomic E-state index is -1.32. The summed E-state index contributed by atoms with van der Waals surface area (Å²) in [5.41, 5.74) is -0.320. The molecule has 10 heteroatoms. The van der Waals surface area contributed by atoms with Crippen LogP contribution in [0.4, 0.5) is 10.5 Å². The van der Waals surface area contributed by atoms with Gasteiger partial charge in [0, 0.05) is 11.8 Å². The number of urea groups is 1. The van der Waals surface area contributed by atoms with Gasteiger partial charge in [0.1, 0.15) is 25.3 Å². The molecule has 0 saturated carbocycles. The maximum absolute atomic E-state index is 13.1. The highest BCUT2D eigenvalue weighted by Crippen LogP contribution is 2.38. The summed E-state index contributed by atoms with van der Waals surface area (Å²) in [6.45, 7) is 2.14. The van der Waals surface area contributed by atoms with Crippen molar-refractivity contribution in [2.75, 3.05) is 31.9 Å². The summed E-state index contributed by atoms with van der Waals surface area (Å²) >= 11 is 0. The average Bonchev–Trinajstić information content (AvgIpc) is 3.32. The molecule has 1 unspecified atom stereocenters. The second kappa shape index (κ2) is 7.08. The summed E-state index contributed by atoms with van der Waals surface area (Å²) in [6.07, 6.45) is 0. The van der Waals surface area contributed by atoms with Crippen molar-refractivity contribution in [3.63, 3.8) is 0 Å². The summed E-state index contributed by atoms with van der Waals surface area (Å²) in [5, 5.41) is 5.35. The molecular formula is C21H19N3O7. The van der Waals surface area contributed by atoms with Gasteiger partial charge in [0.05, 0.1) is 0 Å². The number of carbonyl (C=O) groups is 3. The molecule has 2 aromatic carbocycles. The van der Waals surface area contributed by atoms with Gasteiger partial charge in [-0.2, -0.15) is 0 Å². The van der Waals surface area contributed by atoms with Crippen LogP contribution in [0.3, 0.4) is 0 Å². The zero-order valence-corrected chi connectivity index (χ0v) is 16.6. The van der Waals surface area contributed by atoms with Crippen molar-refractivity contribution >= 4 is 23.5 Å². The summed E-state index contributed by atoms with van der Waals surface area (Å²) < 4.78 is 21.6. The summed E-state index contributed by atoms with van der Waals surface area (Å²) in [7, 11) is 0. The van der Waals surface area contributed by atoms with E-state index in [0.717, 1.165) is 4.90 Å². The van der Waals surface area contributed by atoms with E-state index in [9.17, 15) is 14.4 Å². The summed E-state index contributed by atoms with van der Waals surface area (Å²) in [6, 6.07) is 9.35. The van der Waals surface area contributed by atoms with E-state index in [0.29, 0.717) is 47.5 Å². The predicted octanol–water partition coefficient (Wildman–Crippen LogP) is 1.59. The van der Waals surface area contributed by atoms with Crippen LogP contribution in [0.2, 0.25) is 0 Å². The van der Waals surface area contributed by atoms with Gasteiger partial charge in [-0.05, 0) is 36.8 Å². The number of amides is 4. The van der Waals surface area contributed by atoms with E-state index in [1.807, 2.05) is 0 Å². The van der Waals surface area contributed by atoms with Crippen LogP contribution in [0.1, 0.15) is 12.5 Å². The maximum Gasteiger partial charge on any atom is 0.325 e. The Balaban J connectivity index is 1.30. The van der Waals surface area contributed by atoms with E-state index in [1.54, 1.807) is 43.3 Å². The number of ether oxygens (including phenoxy) is 4. The molecule has 3 aliphatic rings. The fourth-order valence-corrected chi connectivity index (χ4v) is 3.71. The van der Waals surface area contributed by atoms with Crippen molar-refractivity contribution in [3.05, 3.63) is 42.0 Å². The number of benzene rings is 2. The number of imide groups is 1. The van der Waals surface area contributed by atoms with Crippen molar-refractivity contribution in [1.29, 1.82) is 0 Å². The molecular weight excluding hydrogens is 406 g/mol. The second-order valence-corrected chi connectivity index (χ2v) is 7.42. The third-order valence-corrected chi connectivity index (χ3v) is 5.35. The predicted molar refractivity (Wildman–Crippen MR) is 106 cm³/mol. The lowest BCUT2D eigenvalue weighted by atomic mass is 9.91. The first-order chi connectivity index (χ1) is 14.9. The van der Waals surface area contributed by atoms with Crippen molar-refractivity contribution < 1.29 is 33.3 Å². The molecule has 2 N–H and O–H groups in total. The first-order valence-electron chi connectivity index (χ1n) is 9.68. The lowest BCUT2D eigenvalue weighted by Gasteiger charge is -2.22. The lowest BCUT2D eigenvalue weighted by Crippen LogP contribution is -2.42. The Hall–Kier alpha value is -3.95. The first-order valence-corrected chi connectivity index (χ1v) is 9.68. The smallest absolute Gasteiger partial charge is 0.325 e. The van der Waals surface area contributed by atoms with Gasteiger partial charge < -0.3 is 29.6 Å². The Kier molecular flexibility index (Phi) is 4.35. The van der Waals surface area contributed by atoms with Gasteiger partial charge in [-0.15, -0.1) is 0 Å². The molecule has 3 heterocycles. The van der Waals surface area contributed by atoms with Gasteiger partial charge in [-0.3, -0.25) is 14.5 Å². The van der Waals surface area contributed by atoms with Crippen LogP contribution >= 0.6 is 0 Å². The molecule has 0 aliphatic carbocycles. The zero-order valence-electron chi connectivity index (χ0n) is 16.6. The van der Waals surface area contributed by atoms with Gasteiger partial charge in [0.2, 0.25) is 12.7 Å². The highest BCUT2D eigenvalue weighted by molar-refractivity contribution is 6.10. The quantitative estimate of drug-likeness (QED) is 0.715. The SMILES string of the molecule is CC1(c2ccc3c(c2)OCO3)NC(=O)N(CC(=O)Nc2ccc3c(c2)OCCO3)C1=O. The van der Waals surface area contributed by atoms with Crippen molar-refractivity contribution in [2.45, 2.75) is 12.5 Å². The van der Waals surface area contributed by atoms with Crippen LogP contribution in [0.15, 0.2) is 36.4 Å². The van der Waals surface area contributed by atoms with E-state index >= 15 is 0 Å². The number of rotatable bonds is 4. The fourth-order valence-electron chi connectivity index (χ4n) is 3.71. The molecule has 1 atom stereocenters. The number of hydrogen-bond donors (Lipinski definition) is 2. The number of fused-ring (bicyclic) bond motifs is 2. The minimum absolute atomic E-state index is 0.0992. The van der Waals surface area contributed by atoms with Gasteiger partial charge in [-0.25, -0.2) is 4.79 Å². The van der Waals surface area contributed by atoms with E-state index in [2.05, 4.69) is 10.6 Å². The molecule has 4 amide bonds. The molecule has 1 fully saturated rings. The summed E-state index contributed by atoms with van der Waals surface area (Å²) in [5.74, 6) is 1.13. The van der Waals surface area contributed by atoms with Crippen molar-refractivity contribution in [2.24, 2.45) is 0 Å². The zero-order chi connectivity index (χ0) is 21.6. The number of anilines is 1. The standard InChI is InChI=1S/C21H19N3O7/c1-21(12-2-4-15-16(8-12)31-11-30-15)19(26)24(20(27)23-21)10-18(25)22-13-3-5-14-17(9-13)29-7-6-28-14/h2-5,8-9H,6-7,10-11H2,1H3,(H,22,25)(H,23,27). The molecule has 0 aromatic heterocycles. The molecule has 0 bridgehead atoms. The summed E-state index contributed by atoms with van der Waals surface area (Å²) in [4.78, 5) is 39.0. The lowest BCUT2D eigenvalue weighted by molar-refractivity contribution is -0.133. The van der Waals surface area contributed by atoms with E-state index in [-0.39, 0.29) is 6.79 Å². The molecule has 31 heavy (non-hydrogen) atoms.